The average Bonchev–Trinajstić information content (AvgIpc) is 2.46. The molecule has 0 N–H and O–H groups in total. The molecule has 0 spiro atoms. The number of rotatable bonds is 5. The van der Waals surface area contributed by atoms with Crippen LogP contribution in [0.2, 0.25) is 0 Å². The summed E-state index contributed by atoms with van der Waals surface area (Å²) in [6.07, 6.45) is 1.81. The second-order valence-electron chi connectivity index (χ2n) is 6.51. The monoisotopic (exact) mass is 323 g/mol. The minimum atomic E-state index is -3.29. The van der Waals surface area contributed by atoms with E-state index in [1.165, 1.54) is 5.56 Å². The zero-order valence-corrected chi connectivity index (χ0v) is 14.2. The summed E-state index contributed by atoms with van der Waals surface area (Å²) < 4.78 is 23.9. The summed E-state index contributed by atoms with van der Waals surface area (Å²) >= 11 is 0. The largest absolute Gasteiger partial charge is 0.342 e. The molecular weight excluding hydrogens is 298 g/mol. The van der Waals surface area contributed by atoms with Crippen LogP contribution in [0.15, 0.2) is 30.3 Å². The van der Waals surface area contributed by atoms with E-state index in [0.717, 1.165) is 12.8 Å². The number of carbonyl (C=O) groups excluding carboxylic acids is 1. The molecule has 1 aliphatic rings. The SMILES string of the molecule is CC(C)CS(=O)(=O)CC(=O)N1CCC(c2ccccc2)CC1. The van der Waals surface area contributed by atoms with Crippen molar-refractivity contribution in [2.75, 3.05) is 24.6 Å². The highest BCUT2D eigenvalue weighted by Gasteiger charge is 2.27. The summed E-state index contributed by atoms with van der Waals surface area (Å²) in [7, 11) is -3.29. The van der Waals surface area contributed by atoms with Crippen LogP contribution in [0.25, 0.3) is 0 Å². The van der Waals surface area contributed by atoms with Crippen LogP contribution in [-0.2, 0) is 14.6 Å². The highest BCUT2D eigenvalue weighted by Crippen LogP contribution is 2.27. The highest BCUT2D eigenvalue weighted by atomic mass is 32.2. The van der Waals surface area contributed by atoms with Gasteiger partial charge in [-0.15, -0.1) is 0 Å². The molecule has 1 amide bonds. The van der Waals surface area contributed by atoms with Gasteiger partial charge in [0.25, 0.3) is 0 Å². The van der Waals surface area contributed by atoms with Crippen molar-refractivity contribution in [2.24, 2.45) is 5.92 Å². The third-order valence-electron chi connectivity index (χ3n) is 4.05. The summed E-state index contributed by atoms with van der Waals surface area (Å²) in [5.74, 6) is 0.0201. The smallest absolute Gasteiger partial charge is 0.237 e. The molecule has 4 nitrogen and oxygen atoms in total. The molecule has 2 rings (SSSR count). The number of piperidine rings is 1. The normalized spacial score (nSPS) is 17.0. The second-order valence-corrected chi connectivity index (χ2v) is 8.62. The van der Waals surface area contributed by atoms with E-state index in [2.05, 4.69) is 12.1 Å². The fraction of sp³-hybridized carbons (Fsp3) is 0.588. The fourth-order valence-electron chi connectivity index (χ4n) is 3.03. The van der Waals surface area contributed by atoms with Crippen molar-refractivity contribution >= 4 is 15.7 Å². The minimum Gasteiger partial charge on any atom is -0.342 e. The maximum Gasteiger partial charge on any atom is 0.237 e. The molecule has 0 unspecified atom stereocenters. The number of hydrogen-bond acceptors (Lipinski definition) is 3. The molecule has 1 aromatic rings. The molecule has 0 radical (unpaired) electrons. The Labute approximate surface area is 133 Å². The van der Waals surface area contributed by atoms with Crippen molar-refractivity contribution in [3.05, 3.63) is 35.9 Å². The number of likely N-dealkylation sites (tertiary alicyclic amines) is 1. The molecule has 0 aromatic heterocycles. The molecule has 0 aliphatic carbocycles. The van der Waals surface area contributed by atoms with Gasteiger partial charge in [-0.25, -0.2) is 8.42 Å². The molecule has 22 heavy (non-hydrogen) atoms. The molecule has 0 bridgehead atoms. The van der Waals surface area contributed by atoms with Gasteiger partial charge >= 0.3 is 0 Å². The van der Waals surface area contributed by atoms with E-state index >= 15 is 0 Å². The number of nitrogens with zero attached hydrogens (tertiary/aromatic N) is 1. The first kappa shape index (κ1) is 17.0. The second kappa shape index (κ2) is 7.27. The predicted molar refractivity (Wildman–Crippen MR) is 88.5 cm³/mol. The lowest BCUT2D eigenvalue weighted by atomic mass is 9.89. The Balaban J connectivity index is 1.88. The van der Waals surface area contributed by atoms with E-state index in [9.17, 15) is 13.2 Å². The molecule has 0 saturated carbocycles. The standard InChI is InChI=1S/C17H25NO3S/c1-14(2)12-22(20,21)13-17(19)18-10-8-16(9-11-18)15-6-4-3-5-7-15/h3-7,14,16H,8-13H2,1-2H3. The van der Waals surface area contributed by atoms with Gasteiger partial charge in [-0.3, -0.25) is 4.79 Å². The van der Waals surface area contributed by atoms with E-state index in [-0.39, 0.29) is 23.3 Å². The van der Waals surface area contributed by atoms with Crippen LogP contribution >= 0.6 is 0 Å². The van der Waals surface area contributed by atoms with E-state index in [0.29, 0.717) is 19.0 Å². The Hall–Kier alpha value is -1.36. The van der Waals surface area contributed by atoms with Gasteiger partial charge in [-0.1, -0.05) is 44.2 Å². The van der Waals surface area contributed by atoms with Crippen molar-refractivity contribution in [1.29, 1.82) is 0 Å². The maximum absolute atomic E-state index is 12.2. The van der Waals surface area contributed by atoms with Gasteiger partial charge in [0, 0.05) is 13.1 Å². The predicted octanol–water partition coefficient (Wildman–Crippen LogP) is 2.46. The Morgan fingerprint density at radius 3 is 2.32 bits per heavy atom. The third kappa shape index (κ3) is 4.83. The lowest BCUT2D eigenvalue weighted by Crippen LogP contribution is -2.41. The molecular formula is C17H25NO3S. The highest BCUT2D eigenvalue weighted by molar-refractivity contribution is 7.92. The zero-order valence-electron chi connectivity index (χ0n) is 13.4. The number of sulfone groups is 1. The lowest BCUT2D eigenvalue weighted by molar-refractivity contribution is -0.129. The maximum atomic E-state index is 12.2. The Morgan fingerprint density at radius 2 is 1.77 bits per heavy atom. The fourth-order valence-corrected chi connectivity index (χ4v) is 4.73. The van der Waals surface area contributed by atoms with Crippen LogP contribution < -0.4 is 0 Å². The number of benzene rings is 1. The number of carbonyl (C=O) groups is 1. The summed E-state index contributed by atoms with van der Waals surface area (Å²) in [5, 5.41) is 0. The zero-order chi connectivity index (χ0) is 16.2. The Morgan fingerprint density at radius 1 is 1.18 bits per heavy atom. The first-order valence-corrected chi connectivity index (χ1v) is 9.72. The van der Waals surface area contributed by atoms with Crippen molar-refractivity contribution in [3.63, 3.8) is 0 Å². The quantitative estimate of drug-likeness (QED) is 0.836. The van der Waals surface area contributed by atoms with Crippen LogP contribution in [-0.4, -0.2) is 43.8 Å². The molecule has 1 fully saturated rings. The first-order valence-electron chi connectivity index (χ1n) is 7.90. The summed E-state index contributed by atoms with van der Waals surface area (Å²) in [4.78, 5) is 13.9. The molecule has 0 atom stereocenters. The summed E-state index contributed by atoms with van der Waals surface area (Å²) in [6.45, 7) is 5.01. The molecule has 1 heterocycles. The van der Waals surface area contributed by atoms with Gasteiger partial charge in [0.05, 0.1) is 5.75 Å². The topological polar surface area (TPSA) is 54.5 Å². The molecule has 1 saturated heterocycles. The molecule has 1 aliphatic heterocycles. The van der Waals surface area contributed by atoms with Crippen LogP contribution in [0.3, 0.4) is 0 Å². The van der Waals surface area contributed by atoms with E-state index in [4.69, 9.17) is 0 Å². The van der Waals surface area contributed by atoms with Gasteiger partial charge in [0.2, 0.25) is 5.91 Å². The summed E-state index contributed by atoms with van der Waals surface area (Å²) in [6, 6.07) is 10.3. The van der Waals surface area contributed by atoms with Crippen molar-refractivity contribution in [3.8, 4) is 0 Å². The van der Waals surface area contributed by atoms with Crippen LogP contribution in [0.5, 0.6) is 0 Å². The van der Waals surface area contributed by atoms with E-state index < -0.39 is 9.84 Å². The van der Waals surface area contributed by atoms with Crippen LogP contribution in [0, 0.1) is 5.92 Å². The minimum absolute atomic E-state index is 0.0571. The van der Waals surface area contributed by atoms with Crippen LogP contribution in [0.1, 0.15) is 38.2 Å². The van der Waals surface area contributed by atoms with Gasteiger partial charge in [0.15, 0.2) is 9.84 Å². The van der Waals surface area contributed by atoms with Gasteiger partial charge < -0.3 is 4.90 Å². The first-order chi connectivity index (χ1) is 10.4. The van der Waals surface area contributed by atoms with Gasteiger partial charge in [0.1, 0.15) is 5.75 Å². The Kier molecular flexibility index (Phi) is 5.62. The van der Waals surface area contributed by atoms with Crippen molar-refractivity contribution in [1.82, 2.24) is 4.90 Å². The Bertz CT molecular complexity index is 588. The average molecular weight is 323 g/mol. The van der Waals surface area contributed by atoms with Crippen LogP contribution in [0.4, 0.5) is 0 Å². The number of amides is 1. The van der Waals surface area contributed by atoms with Gasteiger partial charge in [-0.2, -0.15) is 0 Å². The third-order valence-corrected chi connectivity index (χ3v) is 5.91. The van der Waals surface area contributed by atoms with E-state index in [1.54, 1.807) is 4.90 Å². The van der Waals surface area contributed by atoms with Crippen molar-refractivity contribution < 1.29 is 13.2 Å². The van der Waals surface area contributed by atoms with E-state index in [1.807, 2.05) is 32.0 Å². The van der Waals surface area contributed by atoms with Crippen molar-refractivity contribution in [2.45, 2.75) is 32.6 Å². The molecule has 122 valence electrons. The summed E-state index contributed by atoms with van der Waals surface area (Å²) in [5.41, 5.74) is 1.31. The lowest BCUT2D eigenvalue weighted by Gasteiger charge is -2.32. The van der Waals surface area contributed by atoms with Gasteiger partial charge in [-0.05, 0) is 30.2 Å². The molecule has 1 aromatic carbocycles. The number of hydrogen-bond donors (Lipinski definition) is 0. The molecule has 5 heteroatoms.